The number of rotatable bonds is 5. The maximum Gasteiger partial charge on any atom is 0.253 e. The fourth-order valence-electron chi connectivity index (χ4n) is 4.47. The summed E-state index contributed by atoms with van der Waals surface area (Å²) in [5.74, 6) is -0.101. The first-order valence-electron chi connectivity index (χ1n) is 10.8. The number of nitrogens with one attached hydrogen (secondary N) is 1. The summed E-state index contributed by atoms with van der Waals surface area (Å²) in [6.45, 7) is 0.482. The lowest BCUT2D eigenvalue weighted by Gasteiger charge is -2.28. The smallest absolute Gasteiger partial charge is 0.253 e. The molecule has 0 bridgehead atoms. The lowest BCUT2D eigenvalue weighted by molar-refractivity contribution is 0.0718. The van der Waals surface area contributed by atoms with Crippen molar-refractivity contribution in [3.05, 3.63) is 78.2 Å². The van der Waals surface area contributed by atoms with Gasteiger partial charge in [0.1, 0.15) is 5.82 Å². The van der Waals surface area contributed by atoms with E-state index in [4.69, 9.17) is 4.42 Å². The molecule has 0 unspecified atom stereocenters. The number of nitrogens with zero attached hydrogens (tertiary/aromatic N) is 2. The Morgan fingerprint density at radius 3 is 2.75 bits per heavy atom. The maximum atomic E-state index is 14.8. The predicted molar refractivity (Wildman–Crippen MR) is 119 cm³/mol. The van der Waals surface area contributed by atoms with Gasteiger partial charge in [-0.1, -0.05) is 43.2 Å². The molecule has 1 amide bonds. The van der Waals surface area contributed by atoms with Crippen LogP contribution in [0.4, 0.5) is 4.39 Å². The monoisotopic (exact) mass is 433 g/mol. The van der Waals surface area contributed by atoms with E-state index in [0.29, 0.717) is 29.6 Å². The topological polar surface area (TPSA) is 80.3 Å². The van der Waals surface area contributed by atoms with Crippen molar-refractivity contribution < 1.29 is 18.7 Å². The number of halogens is 1. The number of carbonyl (C=O) groups excluding carboxylic acids is 1. The number of amides is 1. The summed E-state index contributed by atoms with van der Waals surface area (Å²) in [7, 11) is 0. The SMILES string of the molecule is O=C(N[C@H]1CCCC[C@@H]1O)c1cn(Cc2ccc(-c3cnco3)cc2)c2cccc(F)c12. The summed E-state index contributed by atoms with van der Waals surface area (Å²) in [6, 6.07) is 12.4. The number of hydrogen-bond donors (Lipinski definition) is 2. The number of carbonyl (C=O) groups is 1. The molecule has 2 aromatic heterocycles. The van der Waals surface area contributed by atoms with E-state index in [1.165, 1.54) is 12.5 Å². The summed E-state index contributed by atoms with van der Waals surface area (Å²) >= 11 is 0. The summed E-state index contributed by atoms with van der Waals surface area (Å²) < 4.78 is 22.0. The minimum absolute atomic E-state index is 0.286. The van der Waals surface area contributed by atoms with E-state index < -0.39 is 11.9 Å². The minimum atomic E-state index is -0.561. The first-order valence-corrected chi connectivity index (χ1v) is 10.8. The van der Waals surface area contributed by atoms with Crippen LogP contribution >= 0.6 is 0 Å². The molecule has 164 valence electrons. The lowest BCUT2D eigenvalue weighted by Crippen LogP contribution is -2.45. The molecule has 0 radical (unpaired) electrons. The van der Waals surface area contributed by atoms with Crippen molar-refractivity contribution in [2.75, 3.05) is 0 Å². The highest BCUT2D eigenvalue weighted by atomic mass is 19.1. The van der Waals surface area contributed by atoms with Crippen molar-refractivity contribution >= 4 is 16.8 Å². The van der Waals surface area contributed by atoms with Crippen LogP contribution in [0.1, 0.15) is 41.6 Å². The van der Waals surface area contributed by atoms with Crippen LogP contribution in [-0.4, -0.2) is 32.7 Å². The fraction of sp³-hybridized carbons (Fsp3) is 0.280. The number of fused-ring (bicyclic) bond motifs is 1. The van der Waals surface area contributed by atoms with Gasteiger partial charge in [-0.15, -0.1) is 0 Å². The Labute approximate surface area is 184 Å². The van der Waals surface area contributed by atoms with Crippen LogP contribution < -0.4 is 5.32 Å². The molecule has 1 saturated carbocycles. The van der Waals surface area contributed by atoms with Gasteiger partial charge in [-0.2, -0.15) is 0 Å². The third-order valence-corrected chi connectivity index (χ3v) is 6.17. The highest BCUT2D eigenvalue weighted by molar-refractivity contribution is 6.07. The predicted octanol–water partition coefficient (Wildman–Crippen LogP) is 4.52. The van der Waals surface area contributed by atoms with Crippen molar-refractivity contribution in [2.45, 2.75) is 44.4 Å². The summed E-state index contributed by atoms with van der Waals surface area (Å²) in [5, 5.41) is 13.4. The van der Waals surface area contributed by atoms with Gasteiger partial charge in [0.25, 0.3) is 5.91 Å². The van der Waals surface area contributed by atoms with Crippen molar-refractivity contribution in [1.29, 1.82) is 0 Å². The highest BCUT2D eigenvalue weighted by Gasteiger charge is 2.27. The zero-order valence-corrected chi connectivity index (χ0v) is 17.5. The molecule has 0 spiro atoms. The number of aliphatic hydroxyl groups excluding tert-OH is 1. The van der Waals surface area contributed by atoms with Gasteiger partial charge in [0.15, 0.2) is 12.2 Å². The van der Waals surface area contributed by atoms with Gasteiger partial charge in [0, 0.05) is 23.7 Å². The molecule has 1 aliphatic carbocycles. The molecule has 2 heterocycles. The van der Waals surface area contributed by atoms with Crippen LogP contribution in [-0.2, 0) is 6.54 Å². The average molecular weight is 433 g/mol. The molecule has 2 N–H and O–H groups in total. The molecular weight excluding hydrogens is 409 g/mol. The summed E-state index contributed by atoms with van der Waals surface area (Å²) in [4.78, 5) is 17.0. The Kier molecular flexibility index (Phi) is 5.49. The Hall–Kier alpha value is -3.45. The van der Waals surface area contributed by atoms with E-state index >= 15 is 0 Å². The molecular formula is C25H24FN3O3. The molecule has 2 aromatic carbocycles. The zero-order chi connectivity index (χ0) is 22.1. The van der Waals surface area contributed by atoms with Gasteiger partial charge in [-0.3, -0.25) is 4.79 Å². The molecule has 5 rings (SSSR count). The molecule has 6 nitrogen and oxygen atoms in total. The molecule has 1 aliphatic rings. The molecule has 7 heteroatoms. The van der Waals surface area contributed by atoms with Crippen molar-refractivity contribution in [3.63, 3.8) is 0 Å². The van der Waals surface area contributed by atoms with E-state index in [1.54, 1.807) is 18.5 Å². The van der Waals surface area contributed by atoms with E-state index in [9.17, 15) is 14.3 Å². The standard InChI is InChI=1S/C25H24FN3O3/c26-19-4-3-6-21-24(19)18(25(31)28-20-5-1-2-7-22(20)30)14-29(21)13-16-8-10-17(11-9-16)23-12-27-15-32-23/h3-4,6,8-12,14-15,20,22,30H,1-2,5,7,13H2,(H,28,31)/t20-,22-/m0/s1. The Morgan fingerprint density at radius 2 is 2.00 bits per heavy atom. The van der Waals surface area contributed by atoms with Gasteiger partial charge in [0.05, 0.1) is 29.4 Å². The van der Waals surface area contributed by atoms with E-state index in [2.05, 4.69) is 10.3 Å². The Balaban J connectivity index is 1.44. The average Bonchev–Trinajstić information content (AvgIpc) is 3.46. The molecule has 4 aromatic rings. The van der Waals surface area contributed by atoms with Crippen molar-refractivity contribution in [1.82, 2.24) is 14.9 Å². The number of benzene rings is 2. The van der Waals surface area contributed by atoms with Crippen LogP contribution in [0.25, 0.3) is 22.2 Å². The Bertz CT molecular complexity index is 1230. The Morgan fingerprint density at radius 1 is 1.19 bits per heavy atom. The van der Waals surface area contributed by atoms with Crippen molar-refractivity contribution in [2.24, 2.45) is 0 Å². The van der Waals surface area contributed by atoms with Gasteiger partial charge < -0.3 is 19.4 Å². The second-order valence-electron chi connectivity index (χ2n) is 8.30. The zero-order valence-electron chi connectivity index (χ0n) is 17.5. The van der Waals surface area contributed by atoms with Gasteiger partial charge in [-0.25, -0.2) is 9.37 Å². The maximum absolute atomic E-state index is 14.8. The first kappa shape index (κ1) is 20.5. The van der Waals surface area contributed by atoms with Crippen LogP contribution in [0, 0.1) is 5.82 Å². The highest BCUT2D eigenvalue weighted by Crippen LogP contribution is 2.27. The quantitative estimate of drug-likeness (QED) is 0.485. The second-order valence-corrected chi connectivity index (χ2v) is 8.30. The molecule has 0 aliphatic heterocycles. The lowest BCUT2D eigenvalue weighted by atomic mass is 9.92. The fourth-order valence-corrected chi connectivity index (χ4v) is 4.47. The van der Waals surface area contributed by atoms with Crippen LogP contribution in [0.3, 0.4) is 0 Å². The number of aliphatic hydroxyl groups is 1. The van der Waals surface area contributed by atoms with Crippen LogP contribution in [0.5, 0.6) is 0 Å². The molecule has 32 heavy (non-hydrogen) atoms. The number of aromatic nitrogens is 2. The van der Waals surface area contributed by atoms with E-state index in [-0.39, 0.29) is 17.5 Å². The van der Waals surface area contributed by atoms with Gasteiger partial charge >= 0.3 is 0 Å². The largest absolute Gasteiger partial charge is 0.444 e. The third kappa shape index (κ3) is 3.91. The third-order valence-electron chi connectivity index (χ3n) is 6.17. The molecule has 1 fully saturated rings. The molecule has 0 saturated heterocycles. The summed E-state index contributed by atoms with van der Waals surface area (Å²) in [6.07, 6.45) is 7.50. The molecule has 2 atom stereocenters. The number of hydrogen-bond acceptors (Lipinski definition) is 4. The van der Waals surface area contributed by atoms with E-state index in [1.807, 2.05) is 34.9 Å². The van der Waals surface area contributed by atoms with Crippen molar-refractivity contribution in [3.8, 4) is 11.3 Å². The van der Waals surface area contributed by atoms with Gasteiger partial charge in [0.2, 0.25) is 0 Å². The van der Waals surface area contributed by atoms with E-state index in [0.717, 1.165) is 30.4 Å². The first-order chi connectivity index (χ1) is 15.6. The normalized spacial score (nSPS) is 18.7. The minimum Gasteiger partial charge on any atom is -0.444 e. The van der Waals surface area contributed by atoms with Crippen LogP contribution in [0.2, 0.25) is 0 Å². The van der Waals surface area contributed by atoms with Gasteiger partial charge in [-0.05, 0) is 30.5 Å². The second kappa shape index (κ2) is 8.59. The number of oxazole rings is 1. The summed E-state index contributed by atoms with van der Waals surface area (Å²) in [5.41, 5.74) is 2.86. The van der Waals surface area contributed by atoms with Crippen LogP contribution in [0.15, 0.2) is 65.7 Å².